The normalized spacial score (nSPS) is 19.7. The Labute approximate surface area is 90.0 Å². The molecule has 1 heterocycles. The molecule has 1 saturated heterocycles. The van der Waals surface area contributed by atoms with E-state index >= 15 is 0 Å². The summed E-state index contributed by atoms with van der Waals surface area (Å²) in [5.74, 6) is 0. The van der Waals surface area contributed by atoms with Gasteiger partial charge in [0.15, 0.2) is 6.54 Å². The van der Waals surface area contributed by atoms with E-state index in [1.165, 1.54) is 0 Å². The molecule has 1 aliphatic heterocycles. The first-order valence-corrected chi connectivity index (χ1v) is 5.40. The molecule has 0 aliphatic carbocycles. The van der Waals surface area contributed by atoms with E-state index in [-0.39, 0.29) is 0 Å². The van der Waals surface area contributed by atoms with Crippen LogP contribution in [0.3, 0.4) is 0 Å². The molecule has 0 spiro atoms. The van der Waals surface area contributed by atoms with Crippen LogP contribution >= 0.6 is 0 Å². The van der Waals surface area contributed by atoms with Crippen molar-refractivity contribution >= 4 is 0 Å². The molecule has 0 aromatic rings. The molecule has 8 heteroatoms. The van der Waals surface area contributed by atoms with Gasteiger partial charge in [-0.15, -0.1) is 10.2 Å². The molecule has 0 N–H and O–H groups in total. The molecule has 1 aliphatic rings. The molecule has 1 fully saturated rings. The second-order valence-corrected chi connectivity index (χ2v) is 4.13. The molecule has 15 heavy (non-hydrogen) atoms. The van der Waals surface area contributed by atoms with Crippen molar-refractivity contribution in [2.75, 3.05) is 39.9 Å². The number of hydrogen-bond donors (Lipinski definition) is 0. The third-order valence-corrected chi connectivity index (χ3v) is 2.00. The number of nitriles is 1. The Hall–Kier alpha value is -0.460. The van der Waals surface area contributed by atoms with Gasteiger partial charge in [-0.1, -0.05) is 0 Å². The van der Waals surface area contributed by atoms with E-state index < -0.39 is 10.2 Å². The molecule has 0 amide bonds. The highest BCUT2D eigenvalue weighted by atomic mass is 35.7. The summed E-state index contributed by atoms with van der Waals surface area (Å²) in [5.41, 5.74) is 0. The monoisotopic (exact) mass is 240 g/mol. The SMILES string of the molecule is C[N+]1(CC#N)CCOCC1.[O-][Cl+3]([O-])([O-])[O-]. The van der Waals surface area contributed by atoms with Gasteiger partial charge < -0.3 is 9.22 Å². The summed E-state index contributed by atoms with van der Waals surface area (Å²) < 4.78 is 40.0. The Bertz CT molecular complexity index is 212. The van der Waals surface area contributed by atoms with Gasteiger partial charge >= 0.3 is 0 Å². The lowest BCUT2D eigenvalue weighted by Crippen LogP contribution is -2.68. The first kappa shape index (κ1) is 14.5. The fourth-order valence-corrected chi connectivity index (χ4v) is 1.11. The number of nitrogens with zero attached hydrogens (tertiary/aromatic N) is 2. The maximum Gasteiger partial charge on any atom is 0.166 e. The predicted octanol–water partition coefficient (Wildman–Crippen LogP) is -4.77. The van der Waals surface area contributed by atoms with Crippen molar-refractivity contribution in [2.24, 2.45) is 0 Å². The zero-order valence-corrected chi connectivity index (χ0v) is 9.11. The van der Waals surface area contributed by atoms with Crippen molar-refractivity contribution in [3.05, 3.63) is 0 Å². The minimum Gasteiger partial charge on any atom is -0.370 e. The molecule has 88 valence electrons. The molecular formula is C7H13ClN2O5. The van der Waals surface area contributed by atoms with E-state index in [1.807, 2.05) is 0 Å². The van der Waals surface area contributed by atoms with E-state index in [4.69, 9.17) is 28.6 Å². The van der Waals surface area contributed by atoms with Crippen molar-refractivity contribution in [1.82, 2.24) is 0 Å². The number of hydrogen-bond acceptors (Lipinski definition) is 6. The van der Waals surface area contributed by atoms with Gasteiger partial charge in [-0.25, -0.2) is 18.6 Å². The number of likely N-dealkylation sites (N-methyl/N-ethyl adjacent to an activating group) is 1. The summed E-state index contributed by atoms with van der Waals surface area (Å²) in [6.45, 7) is 4.18. The molecule has 0 radical (unpaired) electrons. The second-order valence-electron chi connectivity index (χ2n) is 3.37. The minimum atomic E-state index is -4.94. The molecule has 0 bridgehead atoms. The molecule has 0 saturated carbocycles. The molecule has 0 unspecified atom stereocenters. The van der Waals surface area contributed by atoms with Crippen LogP contribution in [0.1, 0.15) is 0 Å². The fourth-order valence-electron chi connectivity index (χ4n) is 1.11. The molecule has 0 aromatic heterocycles. The summed E-state index contributed by atoms with van der Waals surface area (Å²) in [7, 11) is -2.84. The lowest BCUT2D eigenvalue weighted by atomic mass is 10.3. The van der Waals surface area contributed by atoms with E-state index in [9.17, 15) is 0 Å². The standard InChI is InChI=1S/C7H13N2O.ClHO4/c1-9(3-2-8)4-6-10-7-5-9;2-1(3,4)5/h3-7H2,1H3;(H,2,3,4,5)/q+1;/p-1. The average molecular weight is 241 g/mol. The van der Waals surface area contributed by atoms with Crippen molar-refractivity contribution in [3.8, 4) is 6.07 Å². The molecular weight excluding hydrogens is 228 g/mol. The highest BCUT2D eigenvalue weighted by Gasteiger charge is 2.24. The Kier molecular flexibility index (Phi) is 6.00. The maximum absolute atomic E-state index is 8.49. The first-order valence-electron chi connectivity index (χ1n) is 4.17. The van der Waals surface area contributed by atoms with Gasteiger partial charge in [0.2, 0.25) is 0 Å². The van der Waals surface area contributed by atoms with Gasteiger partial charge in [0.25, 0.3) is 0 Å². The van der Waals surface area contributed by atoms with Gasteiger partial charge in [0.1, 0.15) is 19.2 Å². The van der Waals surface area contributed by atoms with Crippen LogP contribution in [0.2, 0.25) is 0 Å². The number of rotatable bonds is 1. The molecule has 7 nitrogen and oxygen atoms in total. The van der Waals surface area contributed by atoms with Crippen LogP contribution in [0.5, 0.6) is 0 Å². The largest absolute Gasteiger partial charge is 0.370 e. The van der Waals surface area contributed by atoms with Crippen LogP contribution in [0, 0.1) is 21.6 Å². The second kappa shape index (κ2) is 6.19. The van der Waals surface area contributed by atoms with Crippen molar-refractivity contribution in [3.63, 3.8) is 0 Å². The third-order valence-electron chi connectivity index (χ3n) is 2.00. The maximum atomic E-state index is 8.49. The van der Waals surface area contributed by atoms with Crippen LogP contribution in [0.4, 0.5) is 0 Å². The Morgan fingerprint density at radius 1 is 1.27 bits per heavy atom. The third kappa shape index (κ3) is 9.84. The molecule has 0 aromatic carbocycles. The molecule has 0 atom stereocenters. The van der Waals surface area contributed by atoms with E-state index in [1.54, 1.807) is 0 Å². The highest BCUT2D eigenvalue weighted by molar-refractivity contribution is 4.68. The van der Waals surface area contributed by atoms with Gasteiger partial charge in [0.05, 0.1) is 20.3 Å². The van der Waals surface area contributed by atoms with Gasteiger partial charge in [-0.05, 0) is 0 Å². The number of halogens is 1. The molecule has 1 rings (SSSR count). The van der Waals surface area contributed by atoms with Crippen LogP contribution in [-0.4, -0.2) is 44.4 Å². The first-order chi connectivity index (χ1) is 6.77. The van der Waals surface area contributed by atoms with E-state index in [0.717, 1.165) is 30.8 Å². The lowest BCUT2D eigenvalue weighted by molar-refractivity contribution is -2.00. The van der Waals surface area contributed by atoms with Crippen molar-refractivity contribution in [1.29, 1.82) is 5.26 Å². The van der Waals surface area contributed by atoms with E-state index in [0.29, 0.717) is 6.54 Å². The summed E-state index contributed by atoms with van der Waals surface area (Å²) in [4.78, 5) is 0. The lowest BCUT2D eigenvalue weighted by Gasteiger charge is -2.35. The Morgan fingerprint density at radius 2 is 1.67 bits per heavy atom. The zero-order valence-electron chi connectivity index (χ0n) is 8.35. The number of quaternary nitrogens is 1. The summed E-state index contributed by atoms with van der Waals surface area (Å²) in [6, 6.07) is 2.19. The Morgan fingerprint density at radius 3 is 2.00 bits per heavy atom. The number of morpholine rings is 1. The van der Waals surface area contributed by atoms with Crippen LogP contribution in [-0.2, 0) is 4.74 Å². The topological polar surface area (TPSA) is 125 Å². The van der Waals surface area contributed by atoms with Crippen molar-refractivity contribution < 1.29 is 38.1 Å². The van der Waals surface area contributed by atoms with Gasteiger partial charge in [0, 0.05) is 0 Å². The average Bonchev–Trinajstić information content (AvgIpc) is 2.02. The minimum absolute atomic E-state index is 0.614. The van der Waals surface area contributed by atoms with Crippen LogP contribution in [0.15, 0.2) is 0 Å². The van der Waals surface area contributed by atoms with Gasteiger partial charge in [-0.2, -0.15) is 5.26 Å². The summed E-state index contributed by atoms with van der Waals surface area (Å²) >= 11 is 0. The smallest absolute Gasteiger partial charge is 0.166 e. The fraction of sp³-hybridized carbons (Fsp3) is 0.857. The number of ether oxygens (including phenoxy) is 1. The quantitative estimate of drug-likeness (QED) is 0.335. The van der Waals surface area contributed by atoms with Gasteiger partial charge in [-0.3, -0.25) is 0 Å². The van der Waals surface area contributed by atoms with Crippen LogP contribution < -0.4 is 18.6 Å². The summed E-state index contributed by atoms with van der Waals surface area (Å²) in [6.07, 6.45) is 0. The highest BCUT2D eigenvalue weighted by Crippen LogP contribution is 2.05. The van der Waals surface area contributed by atoms with Crippen molar-refractivity contribution in [2.45, 2.75) is 0 Å². The predicted molar refractivity (Wildman–Crippen MR) is 37.2 cm³/mol. The van der Waals surface area contributed by atoms with Crippen LogP contribution in [0.25, 0.3) is 0 Å². The van der Waals surface area contributed by atoms with E-state index in [2.05, 4.69) is 13.1 Å². The summed E-state index contributed by atoms with van der Waals surface area (Å²) in [5, 5.41) is 8.48. The Balaban J connectivity index is 0.000000336. The zero-order chi connectivity index (χ0) is 11.9.